The van der Waals surface area contributed by atoms with Crippen LogP contribution in [0.4, 0.5) is 23.2 Å². The normalized spacial score (nSPS) is 11.7. The summed E-state index contributed by atoms with van der Waals surface area (Å²) in [6, 6.07) is 13.5. The van der Waals surface area contributed by atoms with Crippen LogP contribution in [0.15, 0.2) is 60.4 Å². The van der Waals surface area contributed by atoms with Crippen LogP contribution in [-0.2, 0) is 4.79 Å². The predicted molar refractivity (Wildman–Crippen MR) is 104 cm³/mol. The minimum Gasteiger partial charge on any atom is -0.489 e. The SMILES string of the molecule is Cc1ccc(N(C)C(=O)c2ccc(OCC(=CF)CNC(=O)C(F)(F)F)cc2)cc1. The van der Waals surface area contributed by atoms with Gasteiger partial charge in [0.25, 0.3) is 5.91 Å². The van der Waals surface area contributed by atoms with Gasteiger partial charge in [0.1, 0.15) is 12.4 Å². The maximum atomic E-state index is 12.8. The lowest BCUT2D eigenvalue weighted by molar-refractivity contribution is -0.173. The van der Waals surface area contributed by atoms with Gasteiger partial charge in [-0.3, -0.25) is 9.59 Å². The lowest BCUT2D eigenvalue weighted by atomic mass is 10.1. The summed E-state index contributed by atoms with van der Waals surface area (Å²) in [6.07, 6.45) is -4.97. The van der Waals surface area contributed by atoms with Crippen molar-refractivity contribution in [2.45, 2.75) is 13.1 Å². The number of ether oxygens (including phenoxy) is 1. The topological polar surface area (TPSA) is 58.6 Å². The molecule has 0 aliphatic heterocycles. The molecule has 9 heteroatoms. The number of aryl methyl sites for hydroxylation is 1. The molecule has 0 aliphatic carbocycles. The fourth-order valence-electron chi connectivity index (χ4n) is 2.36. The Kier molecular flexibility index (Phi) is 7.57. The van der Waals surface area contributed by atoms with Gasteiger partial charge in [-0.1, -0.05) is 17.7 Å². The first kappa shape index (κ1) is 22.9. The Morgan fingerprint density at radius 1 is 1.07 bits per heavy atom. The lowest BCUT2D eigenvalue weighted by Gasteiger charge is -2.18. The van der Waals surface area contributed by atoms with Crippen LogP contribution in [0.1, 0.15) is 15.9 Å². The smallest absolute Gasteiger partial charge is 0.471 e. The zero-order valence-electron chi connectivity index (χ0n) is 16.3. The molecule has 5 nitrogen and oxygen atoms in total. The van der Waals surface area contributed by atoms with Gasteiger partial charge in [0.05, 0.1) is 6.33 Å². The molecule has 0 unspecified atom stereocenters. The van der Waals surface area contributed by atoms with E-state index < -0.39 is 18.6 Å². The number of alkyl halides is 3. The van der Waals surface area contributed by atoms with E-state index in [0.717, 1.165) is 11.3 Å². The molecule has 0 aromatic heterocycles. The van der Waals surface area contributed by atoms with Crippen LogP contribution in [0, 0.1) is 6.92 Å². The van der Waals surface area contributed by atoms with Crippen molar-refractivity contribution in [2.75, 3.05) is 25.1 Å². The quantitative estimate of drug-likeness (QED) is 0.679. The van der Waals surface area contributed by atoms with Gasteiger partial charge in [-0.15, -0.1) is 0 Å². The average molecular weight is 424 g/mol. The zero-order valence-corrected chi connectivity index (χ0v) is 16.3. The first-order valence-electron chi connectivity index (χ1n) is 8.82. The third kappa shape index (κ3) is 6.33. The number of amides is 2. The molecule has 2 amide bonds. The van der Waals surface area contributed by atoms with Crippen molar-refractivity contribution in [1.29, 1.82) is 0 Å². The maximum absolute atomic E-state index is 12.8. The molecule has 0 saturated carbocycles. The fraction of sp³-hybridized carbons (Fsp3) is 0.238. The molecule has 0 radical (unpaired) electrons. The Labute approximate surface area is 170 Å². The molecule has 2 aromatic rings. The highest BCUT2D eigenvalue weighted by Crippen LogP contribution is 2.19. The summed E-state index contributed by atoms with van der Waals surface area (Å²) in [4.78, 5) is 24.8. The second-order valence-electron chi connectivity index (χ2n) is 6.46. The van der Waals surface area contributed by atoms with E-state index in [1.165, 1.54) is 29.2 Å². The number of hydrogen-bond acceptors (Lipinski definition) is 3. The van der Waals surface area contributed by atoms with Crippen LogP contribution in [0.3, 0.4) is 0 Å². The molecular formula is C21H20F4N2O3. The molecule has 2 rings (SSSR count). The highest BCUT2D eigenvalue weighted by atomic mass is 19.4. The van der Waals surface area contributed by atoms with Gasteiger partial charge in [0, 0.05) is 30.4 Å². The number of carbonyl (C=O) groups excluding carboxylic acids is 2. The van der Waals surface area contributed by atoms with E-state index in [4.69, 9.17) is 4.74 Å². The van der Waals surface area contributed by atoms with Crippen molar-refractivity contribution < 1.29 is 31.9 Å². The molecule has 160 valence electrons. The van der Waals surface area contributed by atoms with Gasteiger partial charge in [0.15, 0.2) is 0 Å². The van der Waals surface area contributed by atoms with E-state index in [1.54, 1.807) is 12.4 Å². The van der Waals surface area contributed by atoms with Crippen LogP contribution in [0.25, 0.3) is 0 Å². The molecule has 1 N–H and O–H groups in total. The highest BCUT2D eigenvalue weighted by molar-refractivity contribution is 6.05. The van der Waals surface area contributed by atoms with Crippen LogP contribution >= 0.6 is 0 Å². The number of hydrogen-bond donors (Lipinski definition) is 1. The third-order valence-electron chi connectivity index (χ3n) is 4.14. The molecule has 0 saturated heterocycles. The van der Waals surface area contributed by atoms with E-state index in [9.17, 15) is 27.2 Å². The second kappa shape index (κ2) is 9.91. The van der Waals surface area contributed by atoms with Crippen LogP contribution in [0.2, 0.25) is 0 Å². The molecule has 0 bridgehead atoms. The molecule has 0 atom stereocenters. The Morgan fingerprint density at radius 3 is 2.20 bits per heavy atom. The summed E-state index contributed by atoms with van der Waals surface area (Å²) < 4.78 is 54.6. The monoisotopic (exact) mass is 424 g/mol. The minimum atomic E-state index is -5.05. The third-order valence-corrected chi connectivity index (χ3v) is 4.14. The summed E-state index contributed by atoms with van der Waals surface area (Å²) in [5.41, 5.74) is 2.00. The molecule has 0 fully saturated rings. The number of halogens is 4. The Balaban J connectivity index is 1.92. The second-order valence-corrected chi connectivity index (χ2v) is 6.46. The van der Waals surface area contributed by atoms with E-state index in [0.29, 0.717) is 5.56 Å². The first-order valence-corrected chi connectivity index (χ1v) is 8.82. The number of rotatable bonds is 7. The molecule has 2 aromatic carbocycles. The number of benzene rings is 2. The molecule has 0 heterocycles. The molecule has 0 aliphatic rings. The van der Waals surface area contributed by atoms with Crippen molar-refractivity contribution in [1.82, 2.24) is 5.32 Å². The first-order chi connectivity index (χ1) is 14.1. The minimum absolute atomic E-state index is 0.0745. The van der Waals surface area contributed by atoms with Crippen molar-refractivity contribution >= 4 is 17.5 Å². The van der Waals surface area contributed by atoms with Gasteiger partial charge in [-0.05, 0) is 43.3 Å². The Bertz CT molecular complexity index is 907. The van der Waals surface area contributed by atoms with Crippen molar-refractivity contribution in [3.05, 3.63) is 71.6 Å². The lowest BCUT2D eigenvalue weighted by Crippen LogP contribution is -2.38. The Hall–Kier alpha value is -3.36. The molecule has 30 heavy (non-hydrogen) atoms. The van der Waals surface area contributed by atoms with E-state index in [-0.39, 0.29) is 30.2 Å². The number of anilines is 1. The number of nitrogens with zero attached hydrogens (tertiary/aromatic N) is 1. The van der Waals surface area contributed by atoms with Crippen molar-refractivity contribution in [3.8, 4) is 5.75 Å². The summed E-state index contributed by atoms with van der Waals surface area (Å²) in [5.74, 6) is -2.13. The average Bonchev–Trinajstić information content (AvgIpc) is 2.73. The Morgan fingerprint density at radius 2 is 1.67 bits per heavy atom. The van der Waals surface area contributed by atoms with Gasteiger partial charge in [0.2, 0.25) is 0 Å². The van der Waals surface area contributed by atoms with Crippen molar-refractivity contribution in [2.24, 2.45) is 0 Å². The standard InChI is InChI=1S/C21H20F4N2O3/c1-14-3-7-17(8-4-14)27(2)19(28)16-5-9-18(10-6-16)30-13-15(11-22)12-26-20(29)21(23,24)25/h3-11H,12-13H2,1-2H3,(H,26,29). The van der Waals surface area contributed by atoms with E-state index in [1.807, 2.05) is 31.2 Å². The fourth-order valence-corrected chi connectivity index (χ4v) is 2.36. The van der Waals surface area contributed by atoms with Crippen LogP contribution in [0.5, 0.6) is 5.75 Å². The molecule has 0 spiro atoms. The van der Waals surface area contributed by atoms with Crippen molar-refractivity contribution in [3.63, 3.8) is 0 Å². The van der Waals surface area contributed by atoms with Gasteiger partial charge in [-0.2, -0.15) is 13.2 Å². The largest absolute Gasteiger partial charge is 0.489 e. The van der Waals surface area contributed by atoms with Crippen LogP contribution < -0.4 is 15.0 Å². The number of nitrogens with one attached hydrogen (secondary N) is 1. The molecular weight excluding hydrogens is 404 g/mol. The summed E-state index contributed by atoms with van der Waals surface area (Å²) >= 11 is 0. The zero-order chi connectivity index (χ0) is 22.3. The van der Waals surface area contributed by atoms with E-state index in [2.05, 4.69) is 0 Å². The maximum Gasteiger partial charge on any atom is 0.471 e. The number of carbonyl (C=O) groups is 2. The van der Waals surface area contributed by atoms with Gasteiger partial charge >= 0.3 is 12.1 Å². The van der Waals surface area contributed by atoms with Crippen LogP contribution in [-0.4, -0.2) is 38.2 Å². The predicted octanol–water partition coefficient (Wildman–Crippen LogP) is 4.18. The van der Waals surface area contributed by atoms with Gasteiger partial charge in [-0.25, -0.2) is 4.39 Å². The highest BCUT2D eigenvalue weighted by Gasteiger charge is 2.38. The summed E-state index contributed by atoms with van der Waals surface area (Å²) in [6.45, 7) is 0.927. The summed E-state index contributed by atoms with van der Waals surface area (Å²) in [7, 11) is 1.64. The van der Waals surface area contributed by atoms with E-state index >= 15 is 0 Å². The van der Waals surface area contributed by atoms with Gasteiger partial charge < -0.3 is 15.0 Å². The summed E-state index contributed by atoms with van der Waals surface area (Å²) in [5, 5.41) is 1.56.